The number of carbonyl (C=O) groups is 1. The SMILES string of the molecule is Cc1ccccc1-c1noc(C)c1C(=O)O. The molecule has 0 spiro atoms. The van der Waals surface area contributed by atoms with Crippen molar-refractivity contribution in [3.8, 4) is 11.3 Å². The van der Waals surface area contributed by atoms with E-state index in [0.29, 0.717) is 11.5 Å². The molecular weight excluding hydrogens is 206 g/mol. The average molecular weight is 217 g/mol. The van der Waals surface area contributed by atoms with Crippen LogP contribution < -0.4 is 0 Å². The number of aryl methyl sites for hydroxylation is 2. The molecule has 1 N–H and O–H groups in total. The van der Waals surface area contributed by atoms with Crippen LogP contribution >= 0.6 is 0 Å². The molecule has 0 radical (unpaired) electrons. The molecule has 0 saturated carbocycles. The van der Waals surface area contributed by atoms with Crippen LogP contribution in [-0.2, 0) is 0 Å². The van der Waals surface area contributed by atoms with E-state index >= 15 is 0 Å². The minimum absolute atomic E-state index is 0.134. The number of hydrogen-bond donors (Lipinski definition) is 1. The molecule has 1 heterocycles. The summed E-state index contributed by atoms with van der Waals surface area (Å²) in [5, 5.41) is 12.9. The summed E-state index contributed by atoms with van der Waals surface area (Å²) in [6, 6.07) is 7.48. The minimum Gasteiger partial charge on any atom is -0.477 e. The van der Waals surface area contributed by atoms with Crippen molar-refractivity contribution >= 4 is 5.97 Å². The number of nitrogens with zero attached hydrogens (tertiary/aromatic N) is 1. The third-order valence-electron chi connectivity index (χ3n) is 2.48. The smallest absolute Gasteiger partial charge is 0.341 e. The van der Waals surface area contributed by atoms with Gasteiger partial charge in [0.1, 0.15) is 17.0 Å². The highest BCUT2D eigenvalue weighted by Gasteiger charge is 2.21. The molecule has 4 nitrogen and oxygen atoms in total. The van der Waals surface area contributed by atoms with E-state index in [0.717, 1.165) is 11.1 Å². The van der Waals surface area contributed by atoms with Gasteiger partial charge in [0.25, 0.3) is 0 Å². The number of aromatic carboxylic acids is 1. The van der Waals surface area contributed by atoms with E-state index in [9.17, 15) is 4.79 Å². The standard InChI is InChI=1S/C12H11NO3/c1-7-5-3-4-6-9(7)11-10(12(14)15)8(2)16-13-11/h3-6H,1-2H3,(H,14,15). The van der Waals surface area contributed by atoms with Gasteiger partial charge in [-0.25, -0.2) is 4.79 Å². The molecule has 0 fully saturated rings. The molecule has 2 rings (SSSR count). The van der Waals surface area contributed by atoms with Crippen molar-refractivity contribution in [1.29, 1.82) is 0 Å². The van der Waals surface area contributed by atoms with Crippen molar-refractivity contribution in [3.63, 3.8) is 0 Å². The van der Waals surface area contributed by atoms with Gasteiger partial charge >= 0.3 is 5.97 Å². The van der Waals surface area contributed by atoms with Crippen LogP contribution in [-0.4, -0.2) is 16.2 Å². The Kier molecular flexibility index (Phi) is 2.48. The van der Waals surface area contributed by atoms with Crippen molar-refractivity contribution in [2.45, 2.75) is 13.8 Å². The number of carboxylic acid groups (broad SMARTS) is 1. The van der Waals surface area contributed by atoms with Crippen molar-refractivity contribution in [1.82, 2.24) is 5.16 Å². The van der Waals surface area contributed by atoms with E-state index in [-0.39, 0.29) is 5.56 Å². The first kappa shape index (κ1) is 10.4. The Morgan fingerprint density at radius 1 is 1.31 bits per heavy atom. The minimum atomic E-state index is -1.02. The normalized spacial score (nSPS) is 10.4. The molecule has 2 aromatic rings. The number of rotatable bonds is 2. The monoisotopic (exact) mass is 217 g/mol. The molecular formula is C12H11NO3. The summed E-state index contributed by atoms with van der Waals surface area (Å²) in [6.07, 6.45) is 0. The Labute approximate surface area is 92.5 Å². The molecule has 82 valence electrons. The molecule has 0 amide bonds. The van der Waals surface area contributed by atoms with E-state index in [1.807, 2.05) is 31.2 Å². The zero-order chi connectivity index (χ0) is 11.7. The van der Waals surface area contributed by atoms with Crippen LogP contribution in [0.2, 0.25) is 0 Å². The molecule has 0 aliphatic carbocycles. The van der Waals surface area contributed by atoms with Gasteiger partial charge < -0.3 is 9.63 Å². The molecule has 1 aromatic carbocycles. The number of hydrogen-bond acceptors (Lipinski definition) is 3. The van der Waals surface area contributed by atoms with Gasteiger partial charge in [0.15, 0.2) is 0 Å². The van der Waals surface area contributed by atoms with Crippen LogP contribution in [0.1, 0.15) is 21.7 Å². The Balaban J connectivity index is 2.66. The highest BCUT2D eigenvalue weighted by Crippen LogP contribution is 2.27. The zero-order valence-corrected chi connectivity index (χ0v) is 9.02. The lowest BCUT2D eigenvalue weighted by Crippen LogP contribution is -1.99. The van der Waals surface area contributed by atoms with Gasteiger partial charge in [0.05, 0.1) is 0 Å². The third kappa shape index (κ3) is 1.58. The zero-order valence-electron chi connectivity index (χ0n) is 9.02. The van der Waals surface area contributed by atoms with Crippen LogP contribution in [0.5, 0.6) is 0 Å². The maximum Gasteiger partial charge on any atom is 0.341 e. The first-order chi connectivity index (χ1) is 7.61. The van der Waals surface area contributed by atoms with Gasteiger partial charge in [0.2, 0.25) is 0 Å². The van der Waals surface area contributed by atoms with E-state index in [1.54, 1.807) is 6.92 Å². The number of aromatic nitrogens is 1. The van der Waals surface area contributed by atoms with Crippen molar-refractivity contribution in [2.75, 3.05) is 0 Å². The van der Waals surface area contributed by atoms with Crippen molar-refractivity contribution < 1.29 is 14.4 Å². The highest BCUT2D eigenvalue weighted by molar-refractivity contribution is 5.96. The van der Waals surface area contributed by atoms with E-state index in [4.69, 9.17) is 9.63 Å². The van der Waals surface area contributed by atoms with Gasteiger partial charge in [-0.1, -0.05) is 29.4 Å². The lowest BCUT2D eigenvalue weighted by atomic mass is 10.0. The van der Waals surface area contributed by atoms with Gasteiger partial charge in [0, 0.05) is 5.56 Å². The van der Waals surface area contributed by atoms with Gasteiger partial charge in [-0.05, 0) is 19.4 Å². The molecule has 0 unspecified atom stereocenters. The molecule has 0 aliphatic rings. The molecule has 0 atom stereocenters. The Morgan fingerprint density at radius 3 is 2.62 bits per heavy atom. The summed E-state index contributed by atoms with van der Waals surface area (Å²) in [4.78, 5) is 11.1. The maximum atomic E-state index is 11.1. The maximum absolute atomic E-state index is 11.1. The summed E-state index contributed by atoms with van der Waals surface area (Å²) < 4.78 is 4.94. The summed E-state index contributed by atoms with van der Waals surface area (Å²) in [5.74, 6) is -0.692. The lowest BCUT2D eigenvalue weighted by molar-refractivity contribution is 0.0696. The van der Waals surface area contributed by atoms with Crippen molar-refractivity contribution in [3.05, 3.63) is 41.2 Å². The van der Waals surface area contributed by atoms with Crippen LogP contribution in [0.3, 0.4) is 0 Å². The first-order valence-corrected chi connectivity index (χ1v) is 4.87. The third-order valence-corrected chi connectivity index (χ3v) is 2.48. The fourth-order valence-electron chi connectivity index (χ4n) is 1.65. The second-order valence-electron chi connectivity index (χ2n) is 3.58. The predicted molar refractivity (Wildman–Crippen MR) is 58.4 cm³/mol. The fourth-order valence-corrected chi connectivity index (χ4v) is 1.65. The second kappa shape index (κ2) is 3.81. The lowest BCUT2D eigenvalue weighted by Gasteiger charge is -2.01. The first-order valence-electron chi connectivity index (χ1n) is 4.87. The summed E-state index contributed by atoms with van der Waals surface area (Å²) in [7, 11) is 0. The van der Waals surface area contributed by atoms with Gasteiger partial charge in [-0.15, -0.1) is 0 Å². The Hall–Kier alpha value is -2.10. The number of benzene rings is 1. The van der Waals surface area contributed by atoms with Gasteiger partial charge in [-0.2, -0.15) is 0 Å². The van der Waals surface area contributed by atoms with Crippen LogP contribution in [0.15, 0.2) is 28.8 Å². The van der Waals surface area contributed by atoms with E-state index in [2.05, 4.69) is 5.16 Å². The summed E-state index contributed by atoms with van der Waals surface area (Å²) in [5.41, 5.74) is 2.28. The molecule has 0 bridgehead atoms. The van der Waals surface area contributed by atoms with Gasteiger partial charge in [-0.3, -0.25) is 0 Å². The Morgan fingerprint density at radius 2 is 2.00 bits per heavy atom. The molecule has 16 heavy (non-hydrogen) atoms. The molecule has 0 saturated heterocycles. The predicted octanol–water partition coefficient (Wildman–Crippen LogP) is 2.66. The van der Waals surface area contributed by atoms with E-state index in [1.165, 1.54) is 0 Å². The van der Waals surface area contributed by atoms with Crippen molar-refractivity contribution in [2.24, 2.45) is 0 Å². The molecule has 0 aliphatic heterocycles. The summed E-state index contributed by atoms with van der Waals surface area (Å²) in [6.45, 7) is 3.50. The molecule has 1 aromatic heterocycles. The number of carboxylic acids is 1. The van der Waals surface area contributed by atoms with E-state index < -0.39 is 5.97 Å². The van der Waals surface area contributed by atoms with Crippen LogP contribution in [0, 0.1) is 13.8 Å². The largest absolute Gasteiger partial charge is 0.477 e. The molecule has 4 heteroatoms. The Bertz CT molecular complexity index is 543. The highest BCUT2D eigenvalue weighted by atomic mass is 16.5. The summed E-state index contributed by atoms with van der Waals surface area (Å²) >= 11 is 0. The topological polar surface area (TPSA) is 63.3 Å². The van der Waals surface area contributed by atoms with Crippen LogP contribution in [0.4, 0.5) is 0 Å². The van der Waals surface area contributed by atoms with Crippen LogP contribution in [0.25, 0.3) is 11.3 Å². The fraction of sp³-hybridized carbons (Fsp3) is 0.167. The quantitative estimate of drug-likeness (QED) is 0.839. The average Bonchev–Trinajstić information content (AvgIpc) is 2.61. The second-order valence-corrected chi connectivity index (χ2v) is 3.58.